The zero-order chi connectivity index (χ0) is 11.9. The number of hydrogen-bond acceptors (Lipinski definition) is 3. The quantitative estimate of drug-likeness (QED) is 0.850. The Hall–Kier alpha value is -1.09. The fourth-order valence-corrected chi connectivity index (χ4v) is 2.43. The Morgan fingerprint density at radius 3 is 2.94 bits per heavy atom. The summed E-state index contributed by atoms with van der Waals surface area (Å²) in [4.78, 5) is 4.32. The van der Waals surface area contributed by atoms with Gasteiger partial charge in [0.25, 0.3) is 0 Å². The van der Waals surface area contributed by atoms with Gasteiger partial charge in [0.2, 0.25) is 5.88 Å². The van der Waals surface area contributed by atoms with Crippen LogP contribution < -0.4 is 10.1 Å². The third kappa shape index (κ3) is 3.70. The van der Waals surface area contributed by atoms with Gasteiger partial charge < -0.3 is 10.1 Å². The normalized spacial score (nSPS) is 17.0. The van der Waals surface area contributed by atoms with Crippen LogP contribution in [0.5, 0.6) is 5.88 Å². The molecule has 0 radical (unpaired) electrons. The van der Waals surface area contributed by atoms with E-state index in [-0.39, 0.29) is 0 Å². The highest BCUT2D eigenvalue weighted by molar-refractivity contribution is 5.25. The molecule has 0 atom stereocenters. The lowest BCUT2D eigenvalue weighted by atomic mass is 9.90. The lowest BCUT2D eigenvalue weighted by Crippen LogP contribution is -2.17. The molecule has 0 amide bonds. The van der Waals surface area contributed by atoms with Crippen LogP contribution in [0.1, 0.15) is 37.7 Å². The van der Waals surface area contributed by atoms with Crippen molar-refractivity contribution in [3.05, 3.63) is 23.9 Å². The molecule has 1 aliphatic carbocycles. The third-order valence-electron chi connectivity index (χ3n) is 3.40. The minimum absolute atomic E-state index is 0.730. The molecule has 1 aromatic heterocycles. The van der Waals surface area contributed by atoms with Crippen molar-refractivity contribution in [3.8, 4) is 5.88 Å². The molecule has 0 aromatic carbocycles. The predicted molar refractivity (Wildman–Crippen MR) is 69.1 cm³/mol. The fraction of sp³-hybridized carbons (Fsp3) is 0.643. The first-order valence-electron chi connectivity index (χ1n) is 6.61. The molecule has 3 heteroatoms. The smallest absolute Gasteiger partial charge is 0.217 e. The van der Waals surface area contributed by atoms with Crippen LogP contribution in [0.25, 0.3) is 0 Å². The highest BCUT2D eigenvalue weighted by atomic mass is 16.5. The molecule has 0 spiro atoms. The van der Waals surface area contributed by atoms with E-state index in [0.717, 1.165) is 30.5 Å². The van der Waals surface area contributed by atoms with Crippen LogP contribution in [-0.4, -0.2) is 18.6 Å². The van der Waals surface area contributed by atoms with Crippen molar-refractivity contribution in [1.29, 1.82) is 0 Å². The molecular formula is C14H22N2O. The molecule has 1 saturated carbocycles. The second-order valence-corrected chi connectivity index (χ2v) is 4.81. The molecule has 1 aromatic rings. The summed E-state index contributed by atoms with van der Waals surface area (Å²) in [6.45, 7) is 1.64. The molecule has 3 nitrogen and oxygen atoms in total. The molecule has 0 saturated heterocycles. The summed E-state index contributed by atoms with van der Waals surface area (Å²) in [5.41, 5.74) is 1.14. The minimum Gasteiger partial charge on any atom is -0.477 e. The van der Waals surface area contributed by atoms with Gasteiger partial charge in [-0.05, 0) is 31.9 Å². The Labute approximate surface area is 104 Å². The van der Waals surface area contributed by atoms with Gasteiger partial charge >= 0.3 is 0 Å². The molecule has 0 aliphatic heterocycles. The first kappa shape index (κ1) is 12.4. The zero-order valence-corrected chi connectivity index (χ0v) is 10.6. The van der Waals surface area contributed by atoms with Gasteiger partial charge in [-0.3, -0.25) is 0 Å². The van der Waals surface area contributed by atoms with E-state index < -0.39 is 0 Å². The number of rotatable bonds is 5. The van der Waals surface area contributed by atoms with Crippen LogP contribution >= 0.6 is 0 Å². The Morgan fingerprint density at radius 2 is 2.18 bits per heavy atom. The number of hydrogen-bond donors (Lipinski definition) is 1. The first-order chi connectivity index (χ1) is 8.40. The second kappa shape index (κ2) is 6.60. The van der Waals surface area contributed by atoms with Gasteiger partial charge in [0, 0.05) is 18.3 Å². The van der Waals surface area contributed by atoms with E-state index in [4.69, 9.17) is 4.74 Å². The average molecular weight is 234 g/mol. The number of nitrogens with one attached hydrogen (secondary N) is 1. The summed E-state index contributed by atoms with van der Waals surface area (Å²) >= 11 is 0. The summed E-state index contributed by atoms with van der Waals surface area (Å²) in [6.07, 6.45) is 8.54. The van der Waals surface area contributed by atoms with Gasteiger partial charge in [0.15, 0.2) is 0 Å². The van der Waals surface area contributed by atoms with E-state index in [2.05, 4.69) is 16.4 Å². The van der Waals surface area contributed by atoms with Crippen LogP contribution in [0.4, 0.5) is 0 Å². The first-order valence-corrected chi connectivity index (χ1v) is 6.61. The van der Waals surface area contributed by atoms with Crippen LogP contribution in [0.3, 0.4) is 0 Å². The van der Waals surface area contributed by atoms with E-state index >= 15 is 0 Å². The molecule has 17 heavy (non-hydrogen) atoms. The summed E-state index contributed by atoms with van der Waals surface area (Å²) < 4.78 is 5.88. The van der Waals surface area contributed by atoms with Crippen molar-refractivity contribution < 1.29 is 4.74 Å². The topological polar surface area (TPSA) is 34.2 Å². The number of ether oxygens (including phenoxy) is 1. The van der Waals surface area contributed by atoms with Crippen LogP contribution in [0.15, 0.2) is 18.3 Å². The summed E-state index contributed by atoms with van der Waals surface area (Å²) in [5, 5.41) is 3.14. The van der Waals surface area contributed by atoms with Crippen molar-refractivity contribution in [2.24, 2.45) is 5.92 Å². The van der Waals surface area contributed by atoms with E-state index in [0.29, 0.717) is 0 Å². The van der Waals surface area contributed by atoms with Crippen molar-refractivity contribution in [2.45, 2.75) is 38.6 Å². The Kier molecular flexibility index (Phi) is 4.80. The minimum atomic E-state index is 0.730. The average Bonchev–Trinajstić information content (AvgIpc) is 2.39. The summed E-state index contributed by atoms with van der Waals surface area (Å²) in [5.74, 6) is 1.53. The molecular weight excluding hydrogens is 212 g/mol. The van der Waals surface area contributed by atoms with Gasteiger partial charge in [-0.25, -0.2) is 4.98 Å². The van der Waals surface area contributed by atoms with E-state index in [9.17, 15) is 0 Å². The maximum absolute atomic E-state index is 5.88. The van der Waals surface area contributed by atoms with Crippen LogP contribution in [0.2, 0.25) is 0 Å². The molecule has 2 rings (SSSR count). The van der Waals surface area contributed by atoms with Crippen molar-refractivity contribution in [1.82, 2.24) is 10.3 Å². The van der Waals surface area contributed by atoms with Crippen molar-refractivity contribution >= 4 is 0 Å². The molecule has 0 bridgehead atoms. The van der Waals surface area contributed by atoms with Gasteiger partial charge in [-0.1, -0.05) is 25.3 Å². The summed E-state index contributed by atoms with van der Waals surface area (Å²) in [7, 11) is 1.94. The zero-order valence-electron chi connectivity index (χ0n) is 10.6. The predicted octanol–water partition coefficient (Wildman–Crippen LogP) is 2.76. The molecule has 0 unspecified atom stereocenters. The maximum atomic E-state index is 5.88. The summed E-state index contributed by atoms with van der Waals surface area (Å²) in [6, 6.07) is 4.03. The maximum Gasteiger partial charge on any atom is 0.217 e. The Balaban J connectivity index is 1.88. The highest BCUT2D eigenvalue weighted by Crippen LogP contribution is 2.24. The second-order valence-electron chi connectivity index (χ2n) is 4.81. The van der Waals surface area contributed by atoms with Gasteiger partial charge in [-0.15, -0.1) is 0 Å². The fourth-order valence-electron chi connectivity index (χ4n) is 2.43. The molecule has 94 valence electrons. The van der Waals surface area contributed by atoms with Crippen LogP contribution in [-0.2, 0) is 6.54 Å². The Morgan fingerprint density at radius 1 is 1.35 bits per heavy atom. The molecule has 1 fully saturated rings. The lowest BCUT2D eigenvalue weighted by Gasteiger charge is -2.21. The van der Waals surface area contributed by atoms with Gasteiger partial charge in [0.1, 0.15) is 0 Å². The molecule has 1 heterocycles. The van der Waals surface area contributed by atoms with Gasteiger partial charge in [-0.2, -0.15) is 0 Å². The van der Waals surface area contributed by atoms with Crippen LogP contribution in [0, 0.1) is 5.92 Å². The lowest BCUT2D eigenvalue weighted by molar-refractivity contribution is 0.201. The van der Waals surface area contributed by atoms with E-state index in [1.807, 2.05) is 13.1 Å². The van der Waals surface area contributed by atoms with Crippen molar-refractivity contribution in [2.75, 3.05) is 13.7 Å². The molecule has 1 N–H and O–H groups in total. The third-order valence-corrected chi connectivity index (χ3v) is 3.40. The van der Waals surface area contributed by atoms with Crippen molar-refractivity contribution in [3.63, 3.8) is 0 Å². The monoisotopic (exact) mass is 234 g/mol. The molecule has 1 aliphatic rings. The number of pyridine rings is 1. The van der Waals surface area contributed by atoms with Gasteiger partial charge in [0.05, 0.1) is 6.61 Å². The standard InChI is InChI=1S/C14H22N2O/c1-15-10-13-8-5-9-16-14(13)17-11-12-6-3-2-4-7-12/h5,8-9,12,15H,2-4,6-7,10-11H2,1H3. The largest absolute Gasteiger partial charge is 0.477 e. The highest BCUT2D eigenvalue weighted by Gasteiger charge is 2.15. The number of aromatic nitrogens is 1. The van der Waals surface area contributed by atoms with E-state index in [1.54, 1.807) is 6.20 Å². The Bertz CT molecular complexity index is 335. The number of nitrogens with zero attached hydrogens (tertiary/aromatic N) is 1. The SMILES string of the molecule is CNCc1cccnc1OCC1CCCCC1. The van der Waals surface area contributed by atoms with E-state index in [1.165, 1.54) is 32.1 Å².